The minimum absolute atomic E-state index is 0.689. The molecule has 80 valence electrons. The van der Waals surface area contributed by atoms with E-state index < -0.39 is 0 Å². The molecular formula is C13H12N2O. The summed E-state index contributed by atoms with van der Waals surface area (Å²) in [6.45, 7) is 0.753. The van der Waals surface area contributed by atoms with Gasteiger partial charge in [0.2, 0.25) is 0 Å². The molecule has 0 aliphatic rings. The van der Waals surface area contributed by atoms with E-state index in [1.165, 1.54) is 5.56 Å². The Hall–Kier alpha value is -2.16. The molecule has 1 heterocycles. The maximum absolute atomic E-state index is 10.5. The van der Waals surface area contributed by atoms with Gasteiger partial charge in [-0.05, 0) is 42.0 Å². The van der Waals surface area contributed by atoms with Crippen LogP contribution < -0.4 is 5.32 Å². The van der Waals surface area contributed by atoms with E-state index in [2.05, 4.69) is 10.3 Å². The Morgan fingerprint density at radius 1 is 1.06 bits per heavy atom. The highest BCUT2D eigenvalue weighted by atomic mass is 16.1. The van der Waals surface area contributed by atoms with Gasteiger partial charge >= 0.3 is 0 Å². The van der Waals surface area contributed by atoms with Crippen LogP contribution in [0.3, 0.4) is 0 Å². The molecule has 0 saturated carbocycles. The number of benzene rings is 1. The monoisotopic (exact) mass is 212 g/mol. The summed E-state index contributed by atoms with van der Waals surface area (Å²) in [5, 5.41) is 3.27. The van der Waals surface area contributed by atoms with Crippen LogP contribution in [0.5, 0.6) is 0 Å². The molecule has 3 nitrogen and oxygen atoms in total. The fourth-order valence-corrected chi connectivity index (χ4v) is 1.38. The predicted molar refractivity (Wildman–Crippen MR) is 63.4 cm³/mol. The maximum Gasteiger partial charge on any atom is 0.150 e. The molecule has 0 aliphatic heterocycles. The number of carbonyl (C=O) groups is 1. The number of aldehydes is 1. The standard InChI is InChI=1S/C13H12N2O/c16-10-12-1-3-13(4-2-12)15-9-11-5-7-14-8-6-11/h1-8,10,15H,9H2. The summed E-state index contributed by atoms with van der Waals surface area (Å²) >= 11 is 0. The third-order valence-electron chi connectivity index (χ3n) is 2.29. The van der Waals surface area contributed by atoms with Crippen LogP contribution in [0.15, 0.2) is 48.8 Å². The van der Waals surface area contributed by atoms with Crippen molar-refractivity contribution < 1.29 is 4.79 Å². The molecule has 0 bridgehead atoms. The molecule has 2 rings (SSSR count). The molecule has 0 fully saturated rings. The Labute approximate surface area is 94.1 Å². The van der Waals surface area contributed by atoms with Crippen LogP contribution in [0.2, 0.25) is 0 Å². The number of rotatable bonds is 4. The van der Waals surface area contributed by atoms with Crippen LogP contribution in [0.4, 0.5) is 5.69 Å². The van der Waals surface area contributed by atoms with Crippen molar-refractivity contribution in [2.24, 2.45) is 0 Å². The van der Waals surface area contributed by atoms with Gasteiger partial charge in [-0.3, -0.25) is 9.78 Å². The quantitative estimate of drug-likeness (QED) is 0.792. The maximum atomic E-state index is 10.5. The molecule has 0 spiro atoms. The highest BCUT2D eigenvalue weighted by Gasteiger charge is 1.94. The lowest BCUT2D eigenvalue weighted by molar-refractivity contribution is 0.112. The third kappa shape index (κ3) is 2.67. The van der Waals surface area contributed by atoms with Gasteiger partial charge in [0.05, 0.1) is 0 Å². The van der Waals surface area contributed by atoms with Crippen molar-refractivity contribution in [3.05, 3.63) is 59.9 Å². The molecule has 1 N–H and O–H groups in total. The minimum atomic E-state index is 0.689. The summed E-state index contributed by atoms with van der Waals surface area (Å²) in [5.41, 5.74) is 2.87. The first-order valence-corrected chi connectivity index (χ1v) is 5.06. The number of pyridine rings is 1. The minimum Gasteiger partial charge on any atom is -0.381 e. The van der Waals surface area contributed by atoms with E-state index in [0.717, 1.165) is 18.5 Å². The molecule has 2 aromatic rings. The Morgan fingerprint density at radius 2 is 1.75 bits per heavy atom. The predicted octanol–water partition coefficient (Wildman–Crippen LogP) is 2.51. The van der Waals surface area contributed by atoms with Gasteiger partial charge in [-0.1, -0.05) is 0 Å². The normalized spacial score (nSPS) is 9.75. The van der Waals surface area contributed by atoms with E-state index in [0.29, 0.717) is 5.56 Å². The summed E-state index contributed by atoms with van der Waals surface area (Å²) in [4.78, 5) is 14.4. The number of hydrogen-bond acceptors (Lipinski definition) is 3. The summed E-state index contributed by atoms with van der Waals surface area (Å²) in [6, 6.07) is 11.3. The zero-order chi connectivity index (χ0) is 11.2. The van der Waals surface area contributed by atoms with Gasteiger partial charge in [0, 0.05) is 30.2 Å². The van der Waals surface area contributed by atoms with Crippen molar-refractivity contribution >= 4 is 12.0 Å². The molecule has 16 heavy (non-hydrogen) atoms. The molecule has 1 aromatic carbocycles. The summed E-state index contributed by atoms with van der Waals surface area (Å²) < 4.78 is 0. The Kier molecular flexibility index (Phi) is 3.28. The van der Waals surface area contributed by atoms with E-state index >= 15 is 0 Å². The van der Waals surface area contributed by atoms with Crippen molar-refractivity contribution in [1.29, 1.82) is 0 Å². The second-order valence-electron chi connectivity index (χ2n) is 3.45. The highest BCUT2D eigenvalue weighted by Crippen LogP contribution is 2.09. The topological polar surface area (TPSA) is 42.0 Å². The highest BCUT2D eigenvalue weighted by molar-refractivity contribution is 5.75. The van der Waals surface area contributed by atoms with Crippen LogP contribution in [0.25, 0.3) is 0 Å². The first-order valence-electron chi connectivity index (χ1n) is 5.06. The van der Waals surface area contributed by atoms with Gasteiger partial charge in [0.1, 0.15) is 6.29 Å². The van der Waals surface area contributed by atoms with E-state index in [1.807, 2.05) is 24.3 Å². The third-order valence-corrected chi connectivity index (χ3v) is 2.29. The summed E-state index contributed by atoms with van der Waals surface area (Å²) in [7, 11) is 0. The van der Waals surface area contributed by atoms with Crippen LogP contribution in [0, 0.1) is 0 Å². The van der Waals surface area contributed by atoms with Gasteiger partial charge in [-0.15, -0.1) is 0 Å². The largest absolute Gasteiger partial charge is 0.381 e. The van der Waals surface area contributed by atoms with Gasteiger partial charge < -0.3 is 5.32 Å². The molecule has 0 unspecified atom stereocenters. The van der Waals surface area contributed by atoms with Crippen LogP contribution in [-0.2, 0) is 6.54 Å². The second-order valence-corrected chi connectivity index (χ2v) is 3.45. The lowest BCUT2D eigenvalue weighted by Gasteiger charge is -2.05. The van der Waals surface area contributed by atoms with Crippen LogP contribution >= 0.6 is 0 Å². The summed E-state index contributed by atoms with van der Waals surface area (Å²) in [5.74, 6) is 0. The number of hydrogen-bond donors (Lipinski definition) is 1. The van der Waals surface area contributed by atoms with Crippen molar-refractivity contribution in [3.8, 4) is 0 Å². The Bertz CT molecular complexity index is 451. The van der Waals surface area contributed by atoms with Crippen LogP contribution in [0.1, 0.15) is 15.9 Å². The smallest absolute Gasteiger partial charge is 0.150 e. The average molecular weight is 212 g/mol. The first kappa shape index (κ1) is 10.4. The Balaban J connectivity index is 1.97. The van der Waals surface area contributed by atoms with E-state index in [4.69, 9.17) is 0 Å². The molecule has 0 atom stereocenters. The molecule has 0 aliphatic carbocycles. The van der Waals surface area contributed by atoms with E-state index in [9.17, 15) is 4.79 Å². The van der Waals surface area contributed by atoms with Gasteiger partial charge in [0.25, 0.3) is 0 Å². The zero-order valence-corrected chi connectivity index (χ0v) is 8.76. The van der Waals surface area contributed by atoms with E-state index in [-0.39, 0.29) is 0 Å². The number of aromatic nitrogens is 1. The Morgan fingerprint density at radius 3 is 2.38 bits per heavy atom. The van der Waals surface area contributed by atoms with Crippen molar-refractivity contribution in [2.75, 3.05) is 5.32 Å². The lowest BCUT2D eigenvalue weighted by Crippen LogP contribution is -1.99. The fourth-order valence-electron chi connectivity index (χ4n) is 1.38. The van der Waals surface area contributed by atoms with Crippen molar-refractivity contribution in [2.45, 2.75) is 6.54 Å². The molecule has 0 radical (unpaired) electrons. The number of anilines is 1. The molecular weight excluding hydrogens is 200 g/mol. The second kappa shape index (κ2) is 5.07. The number of nitrogens with one attached hydrogen (secondary N) is 1. The van der Waals surface area contributed by atoms with Gasteiger partial charge in [-0.2, -0.15) is 0 Å². The van der Waals surface area contributed by atoms with E-state index in [1.54, 1.807) is 24.5 Å². The zero-order valence-electron chi connectivity index (χ0n) is 8.76. The molecule has 0 saturated heterocycles. The number of carbonyl (C=O) groups excluding carboxylic acids is 1. The molecule has 0 amide bonds. The fraction of sp³-hybridized carbons (Fsp3) is 0.0769. The van der Waals surface area contributed by atoms with Crippen molar-refractivity contribution in [1.82, 2.24) is 4.98 Å². The van der Waals surface area contributed by atoms with Crippen molar-refractivity contribution in [3.63, 3.8) is 0 Å². The van der Waals surface area contributed by atoms with Gasteiger partial charge in [-0.25, -0.2) is 0 Å². The van der Waals surface area contributed by atoms with Crippen LogP contribution in [-0.4, -0.2) is 11.3 Å². The first-order chi connectivity index (χ1) is 7.88. The average Bonchev–Trinajstić information content (AvgIpc) is 2.38. The SMILES string of the molecule is O=Cc1ccc(NCc2ccncc2)cc1. The summed E-state index contributed by atoms with van der Waals surface area (Å²) in [6.07, 6.45) is 4.38. The van der Waals surface area contributed by atoms with Gasteiger partial charge in [0.15, 0.2) is 0 Å². The lowest BCUT2D eigenvalue weighted by atomic mass is 10.2. The molecule has 1 aromatic heterocycles. The molecule has 3 heteroatoms. The number of nitrogens with zero attached hydrogens (tertiary/aromatic N) is 1.